The van der Waals surface area contributed by atoms with Crippen LogP contribution in [0, 0.1) is 19.8 Å². The number of carbonyl (C=O) groups excluding carboxylic acids is 1. The number of piperidine rings is 1. The lowest BCUT2D eigenvalue weighted by Crippen LogP contribution is -2.40. The Kier molecular flexibility index (Phi) is 5.96. The first kappa shape index (κ1) is 18.2. The number of nitrogens with one attached hydrogen (secondary N) is 1. The topological polar surface area (TPSA) is 58.1 Å². The van der Waals surface area contributed by atoms with E-state index in [1.807, 2.05) is 17.0 Å². The summed E-state index contributed by atoms with van der Waals surface area (Å²) in [5, 5.41) is 12.5. The van der Waals surface area contributed by atoms with Crippen molar-refractivity contribution in [1.29, 1.82) is 0 Å². The lowest BCUT2D eigenvalue weighted by atomic mass is 10.0. The number of thioether (sulfide) groups is 1. The van der Waals surface area contributed by atoms with Gasteiger partial charge in [0.2, 0.25) is 11.0 Å². The van der Waals surface area contributed by atoms with Crippen molar-refractivity contribution in [2.24, 2.45) is 5.92 Å². The molecule has 1 N–H and O–H groups in total. The number of hydrogen-bond donors (Lipinski definition) is 1. The van der Waals surface area contributed by atoms with Gasteiger partial charge < -0.3 is 10.2 Å². The summed E-state index contributed by atoms with van der Waals surface area (Å²) in [5.74, 6) is 1.25. The van der Waals surface area contributed by atoms with Gasteiger partial charge in [0, 0.05) is 18.8 Å². The van der Waals surface area contributed by atoms with Crippen LogP contribution in [0.25, 0.3) is 0 Å². The van der Waals surface area contributed by atoms with E-state index in [1.54, 1.807) is 0 Å². The first-order valence-electron chi connectivity index (χ1n) is 8.60. The molecule has 1 aromatic heterocycles. The van der Waals surface area contributed by atoms with Crippen molar-refractivity contribution in [1.82, 2.24) is 15.1 Å². The van der Waals surface area contributed by atoms with Crippen molar-refractivity contribution in [3.8, 4) is 0 Å². The molecule has 2 heterocycles. The highest BCUT2D eigenvalue weighted by molar-refractivity contribution is 8.01. The minimum absolute atomic E-state index is 0.204. The molecule has 5 nitrogen and oxygen atoms in total. The molecule has 1 aliphatic heterocycles. The zero-order valence-electron chi connectivity index (χ0n) is 14.9. The average molecular weight is 377 g/mol. The normalized spacial score (nSPS) is 17.6. The van der Waals surface area contributed by atoms with E-state index in [2.05, 4.69) is 42.4 Å². The molecule has 1 aliphatic rings. The van der Waals surface area contributed by atoms with Crippen molar-refractivity contribution >= 4 is 39.8 Å². The molecule has 0 spiro atoms. The minimum Gasteiger partial charge on any atom is -0.342 e. The van der Waals surface area contributed by atoms with Crippen LogP contribution in [0.15, 0.2) is 22.5 Å². The minimum atomic E-state index is 0.204. The van der Waals surface area contributed by atoms with E-state index < -0.39 is 0 Å². The molecule has 0 saturated carbocycles. The van der Waals surface area contributed by atoms with E-state index >= 15 is 0 Å². The van der Waals surface area contributed by atoms with Gasteiger partial charge in [0.1, 0.15) is 0 Å². The largest absolute Gasteiger partial charge is 0.342 e. The number of hydrogen-bond acceptors (Lipinski definition) is 6. The number of nitrogens with zero attached hydrogens (tertiary/aromatic N) is 3. The SMILES string of the molecule is Cc1cccc(Nc2nnc(SCC(=O)N3CCCC(C)C3)s2)c1C. The van der Waals surface area contributed by atoms with Crippen LogP contribution in [-0.4, -0.2) is 39.8 Å². The lowest BCUT2D eigenvalue weighted by molar-refractivity contribution is -0.130. The van der Waals surface area contributed by atoms with Gasteiger partial charge in [0.05, 0.1) is 5.75 Å². The number of amides is 1. The molecule has 3 rings (SSSR count). The number of aryl methyl sites for hydroxylation is 1. The fraction of sp³-hybridized carbons (Fsp3) is 0.500. The van der Waals surface area contributed by atoms with E-state index in [4.69, 9.17) is 0 Å². The Morgan fingerprint density at radius 1 is 1.40 bits per heavy atom. The molecule has 0 aliphatic carbocycles. The monoisotopic (exact) mass is 376 g/mol. The van der Waals surface area contributed by atoms with Gasteiger partial charge in [0.15, 0.2) is 4.34 Å². The van der Waals surface area contributed by atoms with E-state index in [-0.39, 0.29) is 5.91 Å². The van der Waals surface area contributed by atoms with Crippen molar-refractivity contribution in [2.75, 3.05) is 24.2 Å². The summed E-state index contributed by atoms with van der Waals surface area (Å²) < 4.78 is 0.825. The number of carbonyl (C=O) groups is 1. The standard InChI is InChI=1S/C18H24N4OS2/c1-12-6-5-9-22(10-12)16(23)11-24-18-21-20-17(25-18)19-15-8-4-7-13(2)14(15)3/h4,7-8,12H,5-6,9-11H2,1-3H3,(H,19,20). The van der Waals surface area contributed by atoms with Crippen LogP contribution < -0.4 is 5.32 Å². The summed E-state index contributed by atoms with van der Waals surface area (Å²) in [6.07, 6.45) is 2.33. The second-order valence-corrected chi connectivity index (χ2v) is 8.82. The lowest BCUT2D eigenvalue weighted by Gasteiger charge is -2.30. The molecule has 1 aromatic carbocycles. The molecule has 1 amide bonds. The molecular formula is C18H24N4OS2. The second kappa shape index (κ2) is 8.19. The van der Waals surface area contributed by atoms with Gasteiger partial charge in [-0.3, -0.25) is 4.79 Å². The maximum absolute atomic E-state index is 12.3. The summed E-state index contributed by atoms with van der Waals surface area (Å²) in [6.45, 7) is 8.17. The smallest absolute Gasteiger partial charge is 0.233 e. The molecular weight excluding hydrogens is 352 g/mol. The number of rotatable bonds is 5. The Bertz CT molecular complexity index is 746. The molecule has 1 saturated heterocycles. The highest BCUT2D eigenvalue weighted by Crippen LogP contribution is 2.29. The van der Waals surface area contributed by atoms with Crippen LogP contribution in [0.4, 0.5) is 10.8 Å². The van der Waals surface area contributed by atoms with E-state index in [0.717, 1.165) is 34.7 Å². The van der Waals surface area contributed by atoms with Crippen LogP contribution in [0.5, 0.6) is 0 Å². The summed E-state index contributed by atoms with van der Waals surface area (Å²) in [4.78, 5) is 14.3. The molecule has 1 atom stereocenters. The highest BCUT2D eigenvalue weighted by Gasteiger charge is 2.21. The third-order valence-corrected chi connectivity index (χ3v) is 6.54. The second-order valence-electron chi connectivity index (χ2n) is 6.62. The Labute approximate surface area is 157 Å². The first-order chi connectivity index (χ1) is 12.0. The number of benzene rings is 1. The molecule has 134 valence electrons. The fourth-order valence-corrected chi connectivity index (χ4v) is 4.62. The van der Waals surface area contributed by atoms with Crippen molar-refractivity contribution in [2.45, 2.75) is 38.0 Å². The molecule has 0 radical (unpaired) electrons. The van der Waals surface area contributed by atoms with E-state index in [1.165, 1.54) is 40.6 Å². The molecule has 1 unspecified atom stereocenters. The third kappa shape index (κ3) is 4.73. The van der Waals surface area contributed by atoms with Crippen LogP contribution in [0.2, 0.25) is 0 Å². The maximum Gasteiger partial charge on any atom is 0.233 e. The van der Waals surface area contributed by atoms with Crippen LogP contribution in [0.3, 0.4) is 0 Å². The van der Waals surface area contributed by atoms with Gasteiger partial charge in [-0.05, 0) is 49.8 Å². The molecule has 0 bridgehead atoms. The highest BCUT2D eigenvalue weighted by atomic mass is 32.2. The first-order valence-corrected chi connectivity index (χ1v) is 10.4. The van der Waals surface area contributed by atoms with Crippen LogP contribution in [0.1, 0.15) is 30.9 Å². The van der Waals surface area contributed by atoms with Gasteiger partial charge in [-0.2, -0.15) is 0 Å². The number of aromatic nitrogens is 2. The van der Waals surface area contributed by atoms with Gasteiger partial charge in [-0.15, -0.1) is 10.2 Å². The van der Waals surface area contributed by atoms with E-state index in [9.17, 15) is 4.79 Å². The van der Waals surface area contributed by atoms with Gasteiger partial charge >= 0.3 is 0 Å². The predicted molar refractivity (Wildman–Crippen MR) is 105 cm³/mol. The average Bonchev–Trinajstić information content (AvgIpc) is 3.04. The Hall–Kier alpha value is -1.60. The quantitative estimate of drug-likeness (QED) is 0.791. The van der Waals surface area contributed by atoms with Gasteiger partial charge in [0.25, 0.3) is 0 Å². The van der Waals surface area contributed by atoms with E-state index in [0.29, 0.717) is 11.7 Å². The van der Waals surface area contributed by atoms with Crippen molar-refractivity contribution in [3.05, 3.63) is 29.3 Å². The molecule has 7 heteroatoms. The van der Waals surface area contributed by atoms with Crippen LogP contribution >= 0.6 is 23.1 Å². The maximum atomic E-state index is 12.3. The summed E-state index contributed by atoms with van der Waals surface area (Å²) >= 11 is 2.97. The van der Waals surface area contributed by atoms with Crippen molar-refractivity contribution in [3.63, 3.8) is 0 Å². The zero-order valence-corrected chi connectivity index (χ0v) is 16.5. The van der Waals surface area contributed by atoms with Crippen molar-refractivity contribution < 1.29 is 4.79 Å². The van der Waals surface area contributed by atoms with Crippen LogP contribution in [-0.2, 0) is 4.79 Å². The molecule has 1 fully saturated rings. The van der Waals surface area contributed by atoms with Gasteiger partial charge in [-0.25, -0.2) is 0 Å². The zero-order chi connectivity index (χ0) is 17.8. The fourth-order valence-electron chi connectivity index (χ4n) is 2.95. The summed E-state index contributed by atoms with van der Waals surface area (Å²) in [7, 11) is 0. The number of anilines is 2. The summed E-state index contributed by atoms with van der Waals surface area (Å²) in [5.41, 5.74) is 3.50. The number of likely N-dealkylation sites (tertiary alicyclic amines) is 1. The Balaban J connectivity index is 1.55. The predicted octanol–water partition coefficient (Wildman–Crippen LogP) is 4.25. The third-order valence-electron chi connectivity index (χ3n) is 4.58. The molecule has 2 aromatic rings. The molecule has 25 heavy (non-hydrogen) atoms. The van der Waals surface area contributed by atoms with Gasteiger partial charge in [-0.1, -0.05) is 42.2 Å². The Morgan fingerprint density at radius 3 is 3.04 bits per heavy atom. The summed E-state index contributed by atoms with van der Waals surface area (Å²) in [6, 6.07) is 6.16. The Morgan fingerprint density at radius 2 is 2.24 bits per heavy atom.